The highest BCUT2D eigenvalue weighted by atomic mass is 16.5. The lowest BCUT2D eigenvalue weighted by atomic mass is 9.74. The third-order valence-corrected chi connectivity index (χ3v) is 12.3. The van der Waals surface area contributed by atoms with Gasteiger partial charge in [-0.3, -0.25) is 9.59 Å². The van der Waals surface area contributed by atoms with Crippen molar-refractivity contribution >= 4 is 11.9 Å². The molecule has 1 fully saturated rings. The molecule has 4 atom stereocenters. The van der Waals surface area contributed by atoms with E-state index in [9.17, 15) is 19.8 Å². The number of unbranched alkanes of at least 4 members (excludes halogenated alkanes) is 20. The van der Waals surface area contributed by atoms with E-state index in [0.717, 1.165) is 142 Å². The molecule has 1 aliphatic rings. The number of hydrogen-bond donors (Lipinski definition) is 3. The van der Waals surface area contributed by atoms with Crippen molar-refractivity contribution in [2.24, 2.45) is 10.8 Å². The molecular weight excluding hydrogens is 663 g/mol. The first-order chi connectivity index (χ1) is 25.8. The largest absolute Gasteiger partial charge is 0.481 e. The summed E-state index contributed by atoms with van der Waals surface area (Å²) in [6.07, 6.45) is 34.2. The van der Waals surface area contributed by atoms with Crippen LogP contribution >= 0.6 is 0 Å². The van der Waals surface area contributed by atoms with Crippen molar-refractivity contribution < 1.29 is 29.3 Å². The molecule has 0 amide bonds. The predicted octanol–water partition coefficient (Wildman–Crippen LogP) is 13.1. The van der Waals surface area contributed by atoms with Gasteiger partial charge < -0.3 is 25.0 Å². The number of rotatable bonds is 40. The molecule has 1 aliphatic heterocycles. The molecule has 0 radical (unpaired) electrons. The summed E-state index contributed by atoms with van der Waals surface area (Å²) in [6, 6.07) is 0. The summed E-state index contributed by atoms with van der Waals surface area (Å²) >= 11 is 0. The summed E-state index contributed by atoms with van der Waals surface area (Å²) in [5, 5.41) is 24.3. The minimum atomic E-state index is -0.576. The van der Waals surface area contributed by atoms with E-state index in [1.54, 1.807) is 0 Å². The van der Waals surface area contributed by atoms with Crippen LogP contribution in [0.25, 0.3) is 0 Å². The van der Waals surface area contributed by atoms with Crippen molar-refractivity contribution in [3.63, 3.8) is 0 Å². The van der Waals surface area contributed by atoms with Crippen LogP contribution in [0.5, 0.6) is 0 Å². The normalized spacial score (nSPS) is 18.3. The van der Waals surface area contributed by atoms with Crippen LogP contribution in [0.3, 0.4) is 0 Å². The van der Waals surface area contributed by atoms with Crippen molar-refractivity contribution in [2.45, 2.75) is 245 Å². The van der Waals surface area contributed by atoms with E-state index in [0.29, 0.717) is 13.2 Å². The molecule has 53 heavy (non-hydrogen) atoms. The summed E-state index contributed by atoms with van der Waals surface area (Å²) in [5.74, 6) is -1.15. The van der Waals surface area contributed by atoms with E-state index >= 15 is 0 Å². The predicted molar refractivity (Wildman–Crippen MR) is 223 cm³/mol. The molecule has 0 aromatic heterocycles. The average Bonchev–Trinajstić information content (AvgIpc) is 3.60. The summed E-state index contributed by atoms with van der Waals surface area (Å²) in [5.41, 5.74) is -1.13. The molecule has 0 spiro atoms. The zero-order chi connectivity index (χ0) is 38.9. The van der Waals surface area contributed by atoms with E-state index in [1.165, 1.54) is 77.0 Å². The van der Waals surface area contributed by atoms with Gasteiger partial charge in [0.1, 0.15) is 0 Å². The Balaban J connectivity index is 2.45. The molecular formula is C46H89NO6. The molecule has 2 unspecified atom stereocenters. The van der Waals surface area contributed by atoms with E-state index in [2.05, 4.69) is 33.0 Å². The van der Waals surface area contributed by atoms with Crippen LogP contribution in [0, 0.1) is 10.8 Å². The standard InChI is InChI=1S/C46H89NO6/c1-5-9-13-17-19-25-33-45(43(48)49,31-23-15-11-7-3)35-27-21-29-37-52-41-39-47-40-42(41)53-38-30-22-28-36-46(44(50)51,32-24-16-12-8-4)34-26-20-18-14-10-6-2/h41-42,47H,5-40H2,1-4H3,(H,48,49)(H,50,51)/t41-,42+,45?,46?. The molecule has 1 heterocycles. The Morgan fingerprint density at radius 2 is 0.679 bits per heavy atom. The monoisotopic (exact) mass is 752 g/mol. The van der Waals surface area contributed by atoms with Crippen molar-refractivity contribution in [1.82, 2.24) is 5.32 Å². The van der Waals surface area contributed by atoms with Crippen molar-refractivity contribution in [1.29, 1.82) is 0 Å². The lowest BCUT2D eigenvalue weighted by Gasteiger charge is -2.30. The Kier molecular flexibility index (Phi) is 31.0. The highest BCUT2D eigenvalue weighted by Gasteiger charge is 2.38. The topological polar surface area (TPSA) is 105 Å². The maximum Gasteiger partial charge on any atom is 0.309 e. The zero-order valence-corrected chi connectivity index (χ0v) is 35.6. The highest BCUT2D eigenvalue weighted by Crippen LogP contribution is 2.39. The van der Waals surface area contributed by atoms with Gasteiger partial charge in [-0.05, 0) is 51.4 Å². The van der Waals surface area contributed by atoms with Gasteiger partial charge in [0.05, 0.1) is 23.0 Å². The molecule has 7 heteroatoms. The molecule has 0 bridgehead atoms. The number of carboxylic acids is 2. The van der Waals surface area contributed by atoms with Crippen LogP contribution in [0.15, 0.2) is 0 Å². The van der Waals surface area contributed by atoms with Crippen molar-refractivity contribution in [3.05, 3.63) is 0 Å². The van der Waals surface area contributed by atoms with Gasteiger partial charge in [0.25, 0.3) is 0 Å². The van der Waals surface area contributed by atoms with Crippen LogP contribution in [0.2, 0.25) is 0 Å². The van der Waals surface area contributed by atoms with Gasteiger partial charge in [-0.25, -0.2) is 0 Å². The first kappa shape index (κ1) is 49.8. The minimum Gasteiger partial charge on any atom is -0.481 e. The number of hydrogen-bond acceptors (Lipinski definition) is 5. The van der Waals surface area contributed by atoms with Gasteiger partial charge in [-0.2, -0.15) is 0 Å². The number of ether oxygens (including phenoxy) is 2. The second kappa shape index (κ2) is 33.0. The summed E-state index contributed by atoms with van der Waals surface area (Å²) < 4.78 is 12.6. The fraction of sp³-hybridized carbons (Fsp3) is 0.957. The second-order valence-electron chi connectivity index (χ2n) is 16.9. The Hall–Kier alpha value is -1.18. The lowest BCUT2D eigenvalue weighted by Crippen LogP contribution is -2.32. The Morgan fingerprint density at radius 1 is 0.434 bits per heavy atom. The molecule has 1 rings (SSSR count). The Labute approximate surface area is 328 Å². The van der Waals surface area contributed by atoms with Gasteiger partial charge in [-0.15, -0.1) is 0 Å². The van der Waals surface area contributed by atoms with E-state index in [4.69, 9.17) is 9.47 Å². The second-order valence-corrected chi connectivity index (χ2v) is 16.9. The third-order valence-electron chi connectivity index (χ3n) is 12.3. The average molecular weight is 752 g/mol. The highest BCUT2D eigenvalue weighted by molar-refractivity contribution is 5.75. The van der Waals surface area contributed by atoms with E-state index in [1.807, 2.05) is 0 Å². The van der Waals surface area contributed by atoms with Gasteiger partial charge in [-0.1, -0.05) is 182 Å². The Morgan fingerprint density at radius 3 is 0.962 bits per heavy atom. The van der Waals surface area contributed by atoms with Crippen LogP contribution in [0.4, 0.5) is 0 Å². The molecule has 0 saturated carbocycles. The first-order valence-corrected chi connectivity index (χ1v) is 23.2. The van der Waals surface area contributed by atoms with Crippen LogP contribution in [-0.2, 0) is 19.1 Å². The lowest BCUT2D eigenvalue weighted by molar-refractivity contribution is -0.151. The number of nitrogens with one attached hydrogen (secondary N) is 1. The maximum absolute atomic E-state index is 12.7. The molecule has 0 aromatic rings. The van der Waals surface area contributed by atoms with Gasteiger partial charge in [0.15, 0.2) is 0 Å². The first-order valence-electron chi connectivity index (χ1n) is 23.2. The molecule has 314 valence electrons. The van der Waals surface area contributed by atoms with Crippen LogP contribution < -0.4 is 5.32 Å². The molecule has 3 N–H and O–H groups in total. The maximum atomic E-state index is 12.7. The van der Waals surface area contributed by atoms with Gasteiger partial charge in [0, 0.05) is 26.3 Å². The SMILES string of the molecule is CCCCCCCCC(CCCCCC)(CCCCCO[C@H]1CNC[C@H]1OCCCCCC(CCCCCC)(CCCCCCCC)C(=O)O)C(=O)O. The Bertz CT molecular complexity index is 801. The third kappa shape index (κ3) is 22.8. The fourth-order valence-electron chi connectivity index (χ4n) is 8.58. The molecule has 0 aromatic carbocycles. The zero-order valence-electron chi connectivity index (χ0n) is 35.6. The number of carbonyl (C=O) groups is 2. The number of carboxylic acid groups (broad SMARTS) is 2. The van der Waals surface area contributed by atoms with Gasteiger partial charge >= 0.3 is 11.9 Å². The molecule has 1 saturated heterocycles. The fourth-order valence-corrected chi connectivity index (χ4v) is 8.58. The molecule has 0 aliphatic carbocycles. The summed E-state index contributed by atoms with van der Waals surface area (Å²) in [7, 11) is 0. The van der Waals surface area contributed by atoms with E-state index < -0.39 is 22.8 Å². The smallest absolute Gasteiger partial charge is 0.309 e. The van der Waals surface area contributed by atoms with Crippen molar-refractivity contribution in [3.8, 4) is 0 Å². The van der Waals surface area contributed by atoms with E-state index in [-0.39, 0.29) is 12.2 Å². The molecule has 7 nitrogen and oxygen atoms in total. The van der Waals surface area contributed by atoms with Crippen LogP contribution in [0.1, 0.15) is 233 Å². The van der Waals surface area contributed by atoms with Crippen LogP contribution in [-0.4, -0.2) is 60.7 Å². The minimum absolute atomic E-state index is 0.0551. The quantitative estimate of drug-likeness (QED) is 0.0535. The number of aliphatic carboxylic acids is 2. The summed E-state index contributed by atoms with van der Waals surface area (Å²) in [6.45, 7) is 11.9. The van der Waals surface area contributed by atoms with Crippen molar-refractivity contribution in [2.75, 3.05) is 26.3 Å². The summed E-state index contributed by atoms with van der Waals surface area (Å²) in [4.78, 5) is 25.3. The van der Waals surface area contributed by atoms with Gasteiger partial charge in [0.2, 0.25) is 0 Å².